The highest BCUT2D eigenvalue weighted by molar-refractivity contribution is 5.95. The van der Waals surface area contributed by atoms with Crippen molar-refractivity contribution in [3.8, 4) is 11.3 Å². The van der Waals surface area contributed by atoms with E-state index in [9.17, 15) is 9.59 Å². The molecule has 1 atom stereocenters. The highest BCUT2D eigenvalue weighted by Crippen LogP contribution is 2.61. The summed E-state index contributed by atoms with van der Waals surface area (Å²) in [6, 6.07) is 14.7. The zero-order valence-electron chi connectivity index (χ0n) is 19.4. The minimum absolute atomic E-state index is 0.0137. The fraction of sp³-hybridized carbons (Fsp3) is 0.448. The van der Waals surface area contributed by atoms with Crippen LogP contribution in [0.15, 0.2) is 57.7 Å². The van der Waals surface area contributed by atoms with Crippen molar-refractivity contribution in [2.75, 3.05) is 0 Å². The van der Waals surface area contributed by atoms with Crippen LogP contribution in [0.4, 0.5) is 0 Å². The summed E-state index contributed by atoms with van der Waals surface area (Å²) < 4.78 is 5.99. The summed E-state index contributed by atoms with van der Waals surface area (Å²) in [4.78, 5) is 25.6. The fourth-order valence-electron chi connectivity index (χ4n) is 7.34. The summed E-state index contributed by atoms with van der Waals surface area (Å²) >= 11 is 0. The highest BCUT2D eigenvalue weighted by Gasteiger charge is 2.53. The van der Waals surface area contributed by atoms with E-state index in [-0.39, 0.29) is 22.8 Å². The standard InChI is InChI=1S/C29H31NO3/c1-17-3-8-26-24(9-17)25(31)13-27(33-26)22-4-6-23(7-5-22)28(32)30-18(2)29-14-19-10-20(15-29)12-21(11-19)16-29/h3-9,13,18-21H,10-12,14-16H2,1-2H3,(H,30,32). The van der Waals surface area contributed by atoms with E-state index in [1.807, 2.05) is 49.4 Å². The molecule has 1 amide bonds. The lowest BCUT2D eigenvalue weighted by molar-refractivity contribution is -0.0688. The zero-order valence-corrected chi connectivity index (χ0v) is 19.4. The number of nitrogens with one attached hydrogen (secondary N) is 1. The summed E-state index contributed by atoms with van der Waals surface area (Å²) in [6.45, 7) is 4.17. The maximum atomic E-state index is 13.1. The number of fused-ring (bicyclic) bond motifs is 1. The van der Waals surface area contributed by atoms with Gasteiger partial charge in [-0.3, -0.25) is 9.59 Å². The predicted octanol–water partition coefficient (Wildman–Crippen LogP) is 6.10. The predicted molar refractivity (Wildman–Crippen MR) is 130 cm³/mol. The number of amides is 1. The average molecular weight is 442 g/mol. The molecule has 7 rings (SSSR count). The number of rotatable bonds is 4. The van der Waals surface area contributed by atoms with Gasteiger partial charge in [0.25, 0.3) is 5.91 Å². The average Bonchev–Trinajstić information content (AvgIpc) is 2.78. The van der Waals surface area contributed by atoms with E-state index >= 15 is 0 Å². The van der Waals surface area contributed by atoms with Crippen LogP contribution in [0.5, 0.6) is 0 Å². The minimum atomic E-state index is -0.0545. The highest BCUT2D eigenvalue weighted by atomic mass is 16.3. The van der Waals surface area contributed by atoms with Crippen LogP contribution in [-0.4, -0.2) is 11.9 Å². The maximum Gasteiger partial charge on any atom is 0.251 e. The molecular formula is C29H31NO3. The van der Waals surface area contributed by atoms with Gasteiger partial charge in [0.05, 0.1) is 5.39 Å². The van der Waals surface area contributed by atoms with Gasteiger partial charge in [-0.1, -0.05) is 23.8 Å². The Morgan fingerprint density at radius 1 is 0.970 bits per heavy atom. The van der Waals surface area contributed by atoms with Gasteiger partial charge in [0.1, 0.15) is 11.3 Å². The number of hydrogen-bond acceptors (Lipinski definition) is 3. The van der Waals surface area contributed by atoms with Crippen LogP contribution < -0.4 is 10.7 Å². The van der Waals surface area contributed by atoms with Crippen molar-refractivity contribution in [3.05, 3.63) is 69.9 Å². The second kappa shape index (κ2) is 7.58. The summed E-state index contributed by atoms with van der Waals surface area (Å²) in [5, 5.41) is 3.93. The van der Waals surface area contributed by atoms with E-state index in [1.165, 1.54) is 44.6 Å². The summed E-state index contributed by atoms with van der Waals surface area (Å²) in [6.07, 6.45) is 8.06. The number of hydrogen-bond donors (Lipinski definition) is 1. The van der Waals surface area contributed by atoms with E-state index in [2.05, 4.69) is 12.2 Å². The van der Waals surface area contributed by atoms with Gasteiger partial charge < -0.3 is 9.73 Å². The third-order valence-corrected chi connectivity index (χ3v) is 8.67. The molecule has 1 heterocycles. The van der Waals surface area contributed by atoms with E-state index < -0.39 is 0 Å². The van der Waals surface area contributed by atoms with Gasteiger partial charge in [0, 0.05) is 23.2 Å². The van der Waals surface area contributed by atoms with Crippen molar-refractivity contribution >= 4 is 16.9 Å². The van der Waals surface area contributed by atoms with Crippen LogP contribution in [0.1, 0.15) is 61.4 Å². The summed E-state index contributed by atoms with van der Waals surface area (Å²) in [5.41, 5.74) is 3.28. The third-order valence-electron chi connectivity index (χ3n) is 8.67. The maximum absolute atomic E-state index is 13.1. The molecular weight excluding hydrogens is 410 g/mol. The van der Waals surface area contributed by atoms with Crippen LogP contribution in [0, 0.1) is 30.1 Å². The van der Waals surface area contributed by atoms with Crippen molar-refractivity contribution in [1.82, 2.24) is 5.32 Å². The van der Waals surface area contributed by atoms with Gasteiger partial charge >= 0.3 is 0 Å². The molecule has 4 bridgehead atoms. The number of carbonyl (C=O) groups is 1. The second-order valence-electron chi connectivity index (χ2n) is 11.0. The van der Waals surface area contributed by atoms with Gasteiger partial charge in [0.15, 0.2) is 5.43 Å². The molecule has 0 aliphatic heterocycles. The molecule has 1 unspecified atom stereocenters. The molecule has 4 heteroatoms. The third kappa shape index (κ3) is 3.60. The number of aryl methyl sites for hydroxylation is 1. The van der Waals surface area contributed by atoms with Crippen molar-refractivity contribution in [2.45, 2.75) is 58.4 Å². The quantitative estimate of drug-likeness (QED) is 0.532. The van der Waals surface area contributed by atoms with Crippen molar-refractivity contribution < 1.29 is 9.21 Å². The lowest BCUT2D eigenvalue weighted by Crippen LogP contribution is -2.55. The molecule has 1 N–H and O–H groups in total. The number of benzene rings is 2. The normalized spacial score (nSPS) is 28.7. The molecule has 170 valence electrons. The first-order valence-electron chi connectivity index (χ1n) is 12.3. The monoisotopic (exact) mass is 441 g/mol. The summed E-state index contributed by atoms with van der Waals surface area (Å²) in [7, 11) is 0. The molecule has 3 aromatic rings. The molecule has 4 nitrogen and oxygen atoms in total. The Kier molecular flexibility index (Phi) is 4.76. The van der Waals surface area contributed by atoms with Crippen LogP contribution in [0.3, 0.4) is 0 Å². The fourth-order valence-corrected chi connectivity index (χ4v) is 7.34. The van der Waals surface area contributed by atoms with Gasteiger partial charge in [-0.25, -0.2) is 0 Å². The Labute approximate surface area is 194 Å². The van der Waals surface area contributed by atoms with Gasteiger partial charge in [-0.15, -0.1) is 0 Å². The Hall–Kier alpha value is -2.88. The molecule has 2 aromatic carbocycles. The molecule has 33 heavy (non-hydrogen) atoms. The Balaban J connectivity index is 1.20. The first-order chi connectivity index (χ1) is 15.9. The van der Waals surface area contributed by atoms with E-state index in [0.29, 0.717) is 22.3 Å². The lowest BCUT2D eigenvalue weighted by atomic mass is 9.48. The molecule has 4 fully saturated rings. The topological polar surface area (TPSA) is 59.3 Å². The van der Waals surface area contributed by atoms with Gasteiger partial charge in [0.2, 0.25) is 0 Å². The van der Waals surface area contributed by atoms with Gasteiger partial charge in [-0.2, -0.15) is 0 Å². The largest absolute Gasteiger partial charge is 0.456 e. The molecule has 4 aliphatic rings. The second-order valence-corrected chi connectivity index (χ2v) is 11.0. The first-order valence-corrected chi connectivity index (χ1v) is 12.3. The van der Waals surface area contributed by atoms with Crippen LogP contribution in [0.2, 0.25) is 0 Å². The van der Waals surface area contributed by atoms with Gasteiger partial charge in [-0.05, 0) is 99.8 Å². The molecule has 4 aliphatic carbocycles. The van der Waals surface area contributed by atoms with E-state index in [4.69, 9.17) is 4.42 Å². The van der Waals surface area contributed by atoms with Crippen molar-refractivity contribution in [1.29, 1.82) is 0 Å². The Morgan fingerprint density at radius 3 is 2.24 bits per heavy atom. The van der Waals surface area contributed by atoms with Crippen LogP contribution in [-0.2, 0) is 0 Å². The van der Waals surface area contributed by atoms with Crippen LogP contribution >= 0.6 is 0 Å². The lowest BCUT2D eigenvalue weighted by Gasteiger charge is -2.59. The SMILES string of the molecule is Cc1ccc2oc(-c3ccc(C(=O)NC(C)C45CC6CC(CC(C6)C4)C5)cc3)cc(=O)c2c1. The number of carbonyl (C=O) groups excluding carboxylic acids is 1. The van der Waals surface area contributed by atoms with E-state index in [1.54, 1.807) is 0 Å². The van der Waals surface area contributed by atoms with Crippen molar-refractivity contribution in [3.63, 3.8) is 0 Å². The van der Waals surface area contributed by atoms with Crippen molar-refractivity contribution in [2.24, 2.45) is 23.2 Å². The Morgan fingerprint density at radius 2 is 1.61 bits per heavy atom. The van der Waals surface area contributed by atoms with Crippen LogP contribution in [0.25, 0.3) is 22.3 Å². The first kappa shape index (κ1) is 20.7. The minimum Gasteiger partial charge on any atom is -0.456 e. The molecule has 1 aromatic heterocycles. The molecule has 0 radical (unpaired) electrons. The molecule has 0 spiro atoms. The zero-order chi connectivity index (χ0) is 22.7. The Bertz CT molecular complexity index is 1250. The summed E-state index contributed by atoms with van der Waals surface area (Å²) in [5.74, 6) is 3.12. The van der Waals surface area contributed by atoms with E-state index in [0.717, 1.165) is 28.9 Å². The molecule has 4 saturated carbocycles. The smallest absolute Gasteiger partial charge is 0.251 e. The molecule has 0 saturated heterocycles.